The standard InChI is InChI=1S/C15H25NOSi/c1-15(2,3)18(4,5)17-14-10-11-16-13-9-7-6-8-12(13)14/h6-9,14,16H,10-11H2,1-5H3/t14-/m0/s1. The Kier molecular flexibility index (Phi) is 3.56. The van der Waals surface area contributed by atoms with E-state index < -0.39 is 8.32 Å². The Labute approximate surface area is 112 Å². The Hall–Kier alpha value is -0.803. The first-order valence-electron chi connectivity index (χ1n) is 6.82. The van der Waals surface area contributed by atoms with Crippen LogP contribution >= 0.6 is 0 Å². The molecule has 100 valence electrons. The van der Waals surface area contributed by atoms with Crippen molar-refractivity contribution in [3.05, 3.63) is 29.8 Å². The zero-order valence-electron chi connectivity index (χ0n) is 12.2. The van der Waals surface area contributed by atoms with E-state index in [9.17, 15) is 0 Å². The molecule has 18 heavy (non-hydrogen) atoms. The van der Waals surface area contributed by atoms with Crippen molar-refractivity contribution in [1.82, 2.24) is 0 Å². The first-order valence-corrected chi connectivity index (χ1v) is 9.73. The third kappa shape index (κ3) is 2.62. The summed E-state index contributed by atoms with van der Waals surface area (Å²) >= 11 is 0. The van der Waals surface area contributed by atoms with E-state index in [0.29, 0.717) is 0 Å². The summed E-state index contributed by atoms with van der Waals surface area (Å²) in [5, 5.41) is 3.72. The van der Waals surface area contributed by atoms with Crippen LogP contribution in [-0.4, -0.2) is 14.9 Å². The predicted octanol–water partition coefficient (Wildman–Crippen LogP) is 4.57. The Morgan fingerprint density at radius 1 is 1.22 bits per heavy atom. The first kappa shape index (κ1) is 13.6. The molecule has 0 saturated heterocycles. The van der Waals surface area contributed by atoms with Crippen molar-refractivity contribution in [3.8, 4) is 0 Å². The molecule has 0 radical (unpaired) electrons. The minimum Gasteiger partial charge on any atom is -0.410 e. The molecule has 1 aliphatic heterocycles. The van der Waals surface area contributed by atoms with E-state index in [2.05, 4.69) is 63.4 Å². The largest absolute Gasteiger partial charge is 0.410 e. The second-order valence-corrected chi connectivity index (χ2v) is 11.4. The third-order valence-electron chi connectivity index (χ3n) is 4.27. The van der Waals surface area contributed by atoms with Crippen molar-refractivity contribution in [2.45, 2.75) is 51.4 Å². The molecule has 1 heterocycles. The lowest BCUT2D eigenvalue weighted by Gasteiger charge is -2.41. The van der Waals surface area contributed by atoms with E-state index >= 15 is 0 Å². The molecule has 0 bridgehead atoms. The highest BCUT2D eigenvalue weighted by Gasteiger charge is 2.40. The van der Waals surface area contributed by atoms with Crippen LogP contribution in [0.25, 0.3) is 0 Å². The van der Waals surface area contributed by atoms with Gasteiger partial charge in [0.25, 0.3) is 0 Å². The Balaban J connectivity index is 2.22. The van der Waals surface area contributed by atoms with Gasteiger partial charge in [-0.2, -0.15) is 0 Å². The molecule has 0 aliphatic carbocycles. The van der Waals surface area contributed by atoms with Gasteiger partial charge in [0.2, 0.25) is 0 Å². The number of hydrogen-bond acceptors (Lipinski definition) is 2. The van der Waals surface area contributed by atoms with E-state index in [4.69, 9.17) is 4.43 Å². The van der Waals surface area contributed by atoms with E-state index in [1.807, 2.05) is 0 Å². The molecular formula is C15H25NOSi. The lowest BCUT2D eigenvalue weighted by molar-refractivity contribution is 0.174. The van der Waals surface area contributed by atoms with E-state index in [1.165, 1.54) is 11.3 Å². The van der Waals surface area contributed by atoms with Crippen LogP contribution in [0.4, 0.5) is 5.69 Å². The summed E-state index contributed by atoms with van der Waals surface area (Å²) in [4.78, 5) is 0. The second-order valence-electron chi connectivity index (χ2n) is 6.67. The summed E-state index contributed by atoms with van der Waals surface area (Å²) < 4.78 is 6.57. The van der Waals surface area contributed by atoms with Gasteiger partial charge < -0.3 is 9.74 Å². The molecule has 0 fully saturated rings. The van der Waals surface area contributed by atoms with Gasteiger partial charge in [0, 0.05) is 17.8 Å². The fourth-order valence-electron chi connectivity index (χ4n) is 2.09. The topological polar surface area (TPSA) is 21.3 Å². The smallest absolute Gasteiger partial charge is 0.192 e. The molecular weight excluding hydrogens is 238 g/mol. The molecule has 2 rings (SSSR count). The van der Waals surface area contributed by atoms with Crippen molar-refractivity contribution < 1.29 is 4.43 Å². The SMILES string of the molecule is CC(C)(C)[Si](C)(C)O[C@H]1CCNc2ccccc21. The maximum atomic E-state index is 6.57. The van der Waals surface area contributed by atoms with E-state index in [-0.39, 0.29) is 11.1 Å². The van der Waals surface area contributed by atoms with Gasteiger partial charge in [0.15, 0.2) is 8.32 Å². The lowest BCUT2D eigenvalue weighted by Crippen LogP contribution is -2.42. The zero-order chi connectivity index (χ0) is 13.4. The van der Waals surface area contributed by atoms with Crippen LogP contribution in [0.2, 0.25) is 18.1 Å². The number of benzene rings is 1. The van der Waals surface area contributed by atoms with Gasteiger partial charge in [-0.3, -0.25) is 0 Å². The van der Waals surface area contributed by atoms with Crippen LogP contribution in [0.5, 0.6) is 0 Å². The number of para-hydroxylation sites is 1. The van der Waals surface area contributed by atoms with Crippen molar-refractivity contribution in [3.63, 3.8) is 0 Å². The average Bonchev–Trinajstić information content (AvgIpc) is 2.27. The van der Waals surface area contributed by atoms with Gasteiger partial charge in [-0.15, -0.1) is 0 Å². The molecule has 1 aromatic carbocycles. The highest BCUT2D eigenvalue weighted by molar-refractivity contribution is 6.74. The van der Waals surface area contributed by atoms with Gasteiger partial charge in [-0.25, -0.2) is 0 Å². The molecule has 1 aliphatic rings. The number of nitrogens with one attached hydrogen (secondary N) is 1. The number of anilines is 1. The fraction of sp³-hybridized carbons (Fsp3) is 0.600. The summed E-state index contributed by atoms with van der Waals surface area (Å²) in [5.74, 6) is 0. The van der Waals surface area contributed by atoms with Crippen molar-refractivity contribution in [1.29, 1.82) is 0 Å². The molecule has 1 atom stereocenters. The van der Waals surface area contributed by atoms with Crippen molar-refractivity contribution >= 4 is 14.0 Å². The van der Waals surface area contributed by atoms with E-state index in [1.54, 1.807) is 0 Å². The zero-order valence-corrected chi connectivity index (χ0v) is 13.2. The normalized spacial score (nSPS) is 20.2. The molecule has 0 spiro atoms. The molecule has 0 amide bonds. The minimum atomic E-state index is -1.69. The molecule has 1 N–H and O–H groups in total. The van der Waals surface area contributed by atoms with Crippen LogP contribution in [0, 0.1) is 0 Å². The highest BCUT2D eigenvalue weighted by Crippen LogP contribution is 2.42. The van der Waals surface area contributed by atoms with Gasteiger partial charge in [0.1, 0.15) is 0 Å². The van der Waals surface area contributed by atoms with Crippen molar-refractivity contribution in [2.75, 3.05) is 11.9 Å². The van der Waals surface area contributed by atoms with Crippen LogP contribution in [0.3, 0.4) is 0 Å². The van der Waals surface area contributed by atoms with Gasteiger partial charge in [-0.1, -0.05) is 39.0 Å². The maximum Gasteiger partial charge on any atom is 0.192 e. The quantitative estimate of drug-likeness (QED) is 0.789. The summed E-state index contributed by atoms with van der Waals surface area (Å²) in [5.41, 5.74) is 2.57. The molecule has 1 aromatic rings. The van der Waals surface area contributed by atoms with Gasteiger partial charge >= 0.3 is 0 Å². The average molecular weight is 263 g/mol. The van der Waals surface area contributed by atoms with E-state index in [0.717, 1.165) is 13.0 Å². The second kappa shape index (κ2) is 4.70. The Bertz CT molecular complexity index is 423. The molecule has 0 aromatic heterocycles. The number of rotatable bonds is 2. The summed E-state index contributed by atoms with van der Waals surface area (Å²) in [6, 6.07) is 8.53. The third-order valence-corrected chi connectivity index (χ3v) is 8.76. The van der Waals surface area contributed by atoms with Gasteiger partial charge in [0.05, 0.1) is 6.10 Å². The number of hydrogen-bond donors (Lipinski definition) is 1. The van der Waals surface area contributed by atoms with Gasteiger partial charge in [-0.05, 0) is 30.6 Å². The lowest BCUT2D eigenvalue weighted by atomic mass is 10.0. The van der Waals surface area contributed by atoms with Crippen LogP contribution in [0.1, 0.15) is 38.9 Å². The van der Waals surface area contributed by atoms with Crippen LogP contribution in [-0.2, 0) is 4.43 Å². The highest BCUT2D eigenvalue weighted by atomic mass is 28.4. The van der Waals surface area contributed by atoms with Crippen LogP contribution in [0.15, 0.2) is 24.3 Å². The fourth-order valence-corrected chi connectivity index (χ4v) is 3.40. The predicted molar refractivity (Wildman–Crippen MR) is 80.6 cm³/mol. The maximum absolute atomic E-state index is 6.57. The molecule has 0 saturated carbocycles. The number of fused-ring (bicyclic) bond motifs is 1. The minimum absolute atomic E-state index is 0.267. The summed E-state index contributed by atoms with van der Waals surface area (Å²) in [7, 11) is -1.69. The van der Waals surface area contributed by atoms with Crippen molar-refractivity contribution in [2.24, 2.45) is 0 Å². The Morgan fingerprint density at radius 3 is 2.56 bits per heavy atom. The summed E-state index contributed by atoms with van der Waals surface area (Å²) in [6.45, 7) is 12.6. The van der Waals surface area contributed by atoms with Crippen LogP contribution < -0.4 is 5.32 Å². The summed E-state index contributed by atoms with van der Waals surface area (Å²) in [6.07, 6.45) is 1.34. The Morgan fingerprint density at radius 2 is 1.89 bits per heavy atom. The molecule has 0 unspecified atom stereocenters. The molecule has 2 nitrogen and oxygen atoms in total. The monoisotopic (exact) mass is 263 g/mol. The first-order chi connectivity index (χ1) is 8.31. The molecule has 3 heteroatoms.